The van der Waals surface area contributed by atoms with E-state index < -0.39 is 0 Å². The van der Waals surface area contributed by atoms with Gasteiger partial charge in [0.1, 0.15) is 0 Å². The van der Waals surface area contributed by atoms with Gasteiger partial charge < -0.3 is 0 Å². The SMILES string of the molecule is Cc1cc2c(cc1C1(c3ccc(Cn4ccn4C)cn3)CC1)C(C)(C)C=CC2(C)C. The Morgan fingerprint density at radius 2 is 1.57 bits per heavy atom. The summed E-state index contributed by atoms with van der Waals surface area (Å²) in [5.74, 6) is 0. The van der Waals surface area contributed by atoms with Crippen LogP contribution in [0.2, 0.25) is 0 Å². The van der Waals surface area contributed by atoms with E-state index in [9.17, 15) is 0 Å². The summed E-state index contributed by atoms with van der Waals surface area (Å²) in [5.41, 5.74) is 8.56. The predicted molar refractivity (Wildman–Crippen MR) is 123 cm³/mol. The second-order valence-electron chi connectivity index (χ2n) is 10.6. The van der Waals surface area contributed by atoms with Gasteiger partial charge in [0, 0.05) is 41.9 Å². The summed E-state index contributed by atoms with van der Waals surface area (Å²) in [6.07, 6.45) is 13.4. The summed E-state index contributed by atoms with van der Waals surface area (Å²) in [6.45, 7) is 12.5. The van der Waals surface area contributed by atoms with Crippen molar-refractivity contribution in [3.8, 4) is 0 Å². The Morgan fingerprint density at radius 3 is 2.07 bits per heavy atom. The molecule has 0 amide bonds. The van der Waals surface area contributed by atoms with Crippen LogP contribution in [0.25, 0.3) is 0 Å². The second kappa shape index (κ2) is 6.23. The number of benzene rings is 1. The summed E-state index contributed by atoms with van der Waals surface area (Å²) in [5, 5.41) is 0. The van der Waals surface area contributed by atoms with Crippen LogP contribution >= 0.6 is 0 Å². The number of rotatable bonds is 4. The smallest absolute Gasteiger partial charge is 0.0655 e. The van der Waals surface area contributed by atoms with E-state index in [1.165, 1.54) is 46.4 Å². The quantitative estimate of drug-likeness (QED) is 0.510. The van der Waals surface area contributed by atoms with E-state index in [4.69, 9.17) is 4.98 Å². The number of hydrogen-bond acceptors (Lipinski definition) is 1. The molecule has 0 spiro atoms. The number of aryl methyl sites for hydroxylation is 2. The van der Waals surface area contributed by atoms with E-state index in [1.807, 2.05) is 0 Å². The Hall–Kier alpha value is -2.55. The lowest BCUT2D eigenvalue weighted by Gasteiger charge is -2.38. The fourth-order valence-corrected chi connectivity index (χ4v) is 5.12. The molecule has 0 saturated heterocycles. The van der Waals surface area contributed by atoms with Crippen molar-refractivity contribution >= 4 is 0 Å². The predicted octanol–water partition coefficient (Wildman–Crippen LogP) is 5.78. The molecule has 156 valence electrons. The van der Waals surface area contributed by atoms with Crippen LogP contribution in [0.3, 0.4) is 0 Å². The molecule has 3 heteroatoms. The first kappa shape index (κ1) is 19.4. The summed E-state index contributed by atoms with van der Waals surface area (Å²) in [7, 11) is 2.07. The largest absolute Gasteiger partial charge is 0.294 e. The third kappa shape index (κ3) is 2.90. The van der Waals surface area contributed by atoms with Crippen LogP contribution in [0.15, 0.2) is 55.0 Å². The summed E-state index contributed by atoms with van der Waals surface area (Å²) >= 11 is 0. The van der Waals surface area contributed by atoms with Gasteiger partial charge in [-0.3, -0.25) is 14.3 Å². The Bertz CT molecular complexity index is 1130. The van der Waals surface area contributed by atoms with Crippen molar-refractivity contribution in [3.05, 3.63) is 88.5 Å². The topological polar surface area (TPSA) is 22.8 Å². The molecular formula is C27H33N3. The number of aromatic nitrogens is 3. The number of pyridine rings is 1. The lowest BCUT2D eigenvalue weighted by atomic mass is 9.66. The molecule has 1 aromatic carbocycles. The molecule has 2 aliphatic carbocycles. The molecule has 0 radical (unpaired) electrons. The molecule has 2 heterocycles. The third-order valence-corrected chi connectivity index (χ3v) is 7.45. The van der Waals surface area contributed by atoms with Crippen molar-refractivity contribution < 1.29 is 0 Å². The van der Waals surface area contributed by atoms with Crippen LogP contribution in [0.4, 0.5) is 0 Å². The fraction of sp³-hybridized carbons (Fsp3) is 0.444. The highest BCUT2D eigenvalue weighted by atomic mass is 15.4. The van der Waals surface area contributed by atoms with Gasteiger partial charge in [-0.25, -0.2) is 0 Å². The second-order valence-corrected chi connectivity index (χ2v) is 10.6. The Labute approximate surface area is 180 Å². The highest BCUT2D eigenvalue weighted by Gasteiger charge is 2.49. The Balaban J connectivity index is 1.53. The van der Waals surface area contributed by atoms with Crippen molar-refractivity contribution in [1.82, 2.24) is 14.3 Å². The van der Waals surface area contributed by atoms with Crippen LogP contribution in [0, 0.1) is 6.92 Å². The van der Waals surface area contributed by atoms with Gasteiger partial charge in [-0.2, -0.15) is 0 Å². The average molecular weight is 400 g/mol. The lowest BCUT2D eigenvalue weighted by molar-refractivity contribution is 0.487. The highest BCUT2D eigenvalue weighted by molar-refractivity contribution is 5.56. The van der Waals surface area contributed by atoms with Crippen molar-refractivity contribution in [1.29, 1.82) is 0 Å². The van der Waals surface area contributed by atoms with Gasteiger partial charge in [0.25, 0.3) is 0 Å². The molecule has 30 heavy (non-hydrogen) atoms. The van der Waals surface area contributed by atoms with Crippen LogP contribution in [-0.4, -0.2) is 14.3 Å². The molecule has 3 aromatic rings. The van der Waals surface area contributed by atoms with E-state index in [2.05, 4.69) is 106 Å². The van der Waals surface area contributed by atoms with E-state index in [0.29, 0.717) is 0 Å². The van der Waals surface area contributed by atoms with Crippen LogP contribution in [0.5, 0.6) is 0 Å². The van der Waals surface area contributed by atoms with Gasteiger partial charge in [-0.15, -0.1) is 0 Å². The molecule has 3 nitrogen and oxygen atoms in total. The minimum atomic E-state index is 0.0669. The summed E-state index contributed by atoms with van der Waals surface area (Å²) < 4.78 is 4.29. The third-order valence-electron chi connectivity index (χ3n) is 7.45. The number of hydrogen-bond donors (Lipinski definition) is 0. The normalized spacial score (nSPS) is 20.2. The summed E-state index contributed by atoms with van der Waals surface area (Å²) in [6, 6.07) is 9.49. The van der Waals surface area contributed by atoms with E-state index in [-0.39, 0.29) is 16.2 Å². The van der Waals surface area contributed by atoms with Gasteiger partial charge in [-0.05, 0) is 53.6 Å². The first-order chi connectivity index (χ1) is 14.1. The van der Waals surface area contributed by atoms with Crippen molar-refractivity contribution in [2.24, 2.45) is 7.05 Å². The molecule has 0 N–H and O–H groups in total. The van der Waals surface area contributed by atoms with Crippen LogP contribution in [-0.2, 0) is 29.8 Å². The molecule has 0 bridgehead atoms. The standard InChI is InChI=1S/C27H33N3/c1-19-15-22-23(26(4,5)10-9-25(22,2)3)16-21(19)27(11-12-27)24-8-7-20(17-28-24)18-30-14-13-29(30)6/h7-10,13-17H,11-12,18H2,1-6H3. The van der Waals surface area contributed by atoms with Crippen molar-refractivity contribution in [2.45, 2.75) is 70.3 Å². The Morgan fingerprint density at radius 1 is 0.900 bits per heavy atom. The van der Waals surface area contributed by atoms with Crippen LogP contribution < -0.4 is 0 Å². The van der Waals surface area contributed by atoms with Gasteiger partial charge in [-0.1, -0.05) is 58.0 Å². The minimum Gasteiger partial charge on any atom is -0.294 e. The maximum Gasteiger partial charge on any atom is 0.0655 e. The molecule has 0 aliphatic heterocycles. The number of allylic oxidation sites excluding steroid dienone is 2. The molecule has 1 saturated carbocycles. The maximum atomic E-state index is 4.96. The molecule has 1 fully saturated rings. The van der Waals surface area contributed by atoms with E-state index in [0.717, 1.165) is 6.54 Å². The van der Waals surface area contributed by atoms with Crippen LogP contribution in [0.1, 0.15) is 74.0 Å². The molecular weight excluding hydrogens is 366 g/mol. The number of fused-ring (bicyclic) bond motifs is 1. The van der Waals surface area contributed by atoms with Gasteiger partial charge in [0.15, 0.2) is 0 Å². The maximum absolute atomic E-state index is 4.96. The van der Waals surface area contributed by atoms with Gasteiger partial charge >= 0.3 is 0 Å². The fourth-order valence-electron chi connectivity index (χ4n) is 5.12. The van der Waals surface area contributed by atoms with Gasteiger partial charge in [0.05, 0.1) is 12.2 Å². The molecule has 2 aliphatic rings. The zero-order valence-electron chi connectivity index (χ0n) is 19.2. The van der Waals surface area contributed by atoms with E-state index in [1.54, 1.807) is 0 Å². The highest BCUT2D eigenvalue weighted by Crippen LogP contribution is 2.55. The lowest BCUT2D eigenvalue weighted by Crippen LogP contribution is -2.30. The summed E-state index contributed by atoms with van der Waals surface area (Å²) in [4.78, 5) is 4.96. The molecule has 2 aromatic heterocycles. The van der Waals surface area contributed by atoms with Crippen molar-refractivity contribution in [2.75, 3.05) is 0 Å². The first-order valence-electron chi connectivity index (χ1n) is 11.1. The zero-order valence-corrected chi connectivity index (χ0v) is 19.2. The zero-order chi connectivity index (χ0) is 21.3. The molecule has 5 rings (SSSR count). The van der Waals surface area contributed by atoms with Crippen molar-refractivity contribution in [3.63, 3.8) is 0 Å². The number of nitrogens with zero attached hydrogens (tertiary/aromatic N) is 3. The minimum absolute atomic E-state index is 0.0669. The van der Waals surface area contributed by atoms with Gasteiger partial charge in [0.2, 0.25) is 0 Å². The molecule has 0 unspecified atom stereocenters. The molecule has 0 atom stereocenters. The Kier molecular flexibility index (Phi) is 4.03. The first-order valence-corrected chi connectivity index (χ1v) is 11.1. The monoisotopic (exact) mass is 399 g/mol. The van der Waals surface area contributed by atoms with E-state index >= 15 is 0 Å². The average Bonchev–Trinajstić information content (AvgIpc) is 3.50.